The number of hydrogen-bond acceptors (Lipinski definition) is 2. The van der Waals surface area contributed by atoms with E-state index in [1.165, 1.54) is 7.11 Å². The third kappa shape index (κ3) is 2.34. The molecule has 0 atom stereocenters. The first-order valence-electron chi connectivity index (χ1n) is 3.18. The standard InChI is InChI=1S/C8H6Cl2OS/c1-11-8(12)5-2-6(9)4-7(10)3-5/h2-4H,1H3. The van der Waals surface area contributed by atoms with Crippen molar-refractivity contribution in [3.8, 4) is 0 Å². The van der Waals surface area contributed by atoms with Crippen molar-refractivity contribution in [3.63, 3.8) is 0 Å². The lowest BCUT2D eigenvalue weighted by Crippen LogP contribution is -1.98. The Hall–Kier alpha value is -0.310. The van der Waals surface area contributed by atoms with Crippen LogP contribution in [0, 0.1) is 0 Å². The summed E-state index contributed by atoms with van der Waals surface area (Å²) in [7, 11) is 1.51. The molecule has 0 aliphatic rings. The van der Waals surface area contributed by atoms with E-state index in [1.807, 2.05) is 0 Å². The van der Waals surface area contributed by atoms with Crippen LogP contribution in [0.5, 0.6) is 0 Å². The van der Waals surface area contributed by atoms with Crippen LogP contribution in [0.3, 0.4) is 0 Å². The summed E-state index contributed by atoms with van der Waals surface area (Å²) in [6.45, 7) is 0. The first kappa shape index (κ1) is 9.78. The number of methoxy groups -OCH3 is 1. The van der Waals surface area contributed by atoms with Gasteiger partial charge in [-0.1, -0.05) is 23.2 Å². The number of rotatable bonds is 1. The lowest BCUT2D eigenvalue weighted by atomic mass is 10.2. The highest BCUT2D eigenvalue weighted by Gasteiger charge is 2.02. The van der Waals surface area contributed by atoms with Gasteiger partial charge in [-0.05, 0) is 30.4 Å². The minimum atomic E-state index is 0.388. The molecule has 0 spiro atoms. The predicted octanol–water partition coefficient (Wildman–Crippen LogP) is 3.32. The molecule has 1 rings (SSSR count). The van der Waals surface area contributed by atoms with Gasteiger partial charge < -0.3 is 4.74 Å². The molecule has 12 heavy (non-hydrogen) atoms. The smallest absolute Gasteiger partial charge is 0.190 e. The van der Waals surface area contributed by atoms with Crippen molar-refractivity contribution in [3.05, 3.63) is 33.8 Å². The Balaban J connectivity index is 3.08. The SMILES string of the molecule is COC(=S)c1cc(Cl)cc(Cl)c1. The average molecular weight is 221 g/mol. The van der Waals surface area contributed by atoms with Gasteiger partial charge >= 0.3 is 0 Å². The number of thiocarbonyl (C=S) groups is 1. The second kappa shape index (κ2) is 4.08. The topological polar surface area (TPSA) is 9.23 Å². The van der Waals surface area contributed by atoms with E-state index in [9.17, 15) is 0 Å². The van der Waals surface area contributed by atoms with Gasteiger partial charge in [0.1, 0.15) is 0 Å². The highest BCUT2D eigenvalue weighted by molar-refractivity contribution is 7.80. The van der Waals surface area contributed by atoms with Crippen LogP contribution in [0.1, 0.15) is 5.56 Å². The molecular weight excluding hydrogens is 215 g/mol. The predicted molar refractivity (Wildman–Crippen MR) is 55.2 cm³/mol. The minimum absolute atomic E-state index is 0.388. The van der Waals surface area contributed by atoms with Gasteiger partial charge in [0, 0.05) is 15.6 Å². The molecule has 0 N–H and O–H groups in total. The van der Waals surface area contributed by atoms with E-state index in [0.29, 0.717) is 15.1 Å². The van der Waals surface area contributed by atoms with Gasteiger partial charge in [-0.15, -0.1) is 0 Å². The maximum Gasteiger partial charge on any atom is 0.190 e. The van der Waals surface area contributed by atoms with Gasteiger partial charge in [0.15, 0.2) is 5.05 Å². The summed E-state index contributed by atoms with van der Waals surface area (Å²) >= 11 is 16.4. The van der Waals surface area contributed by atoms with Crippen LogP contribution in [-0.2, 0) is 4.74 Å². The zero-order valence-electron chi connectivity index (χ0n) is 6.30. The normalized spacial score (nSPS) is 9.58. The first-order chi connectivity index (χ1) is 5.63. The largest absolute Gasteiger partial charge is 0.486 e. The zero-order valence-corrected chi connectivity index (χ0v) is 8.63. The highest BCUT2D eigenvalue weighted by atomic mass is 35.5. The summed E-state index contributed by atoms with van der Waals surface area (Å²) in [6.07, 6.45) is 0. The van der Waals surface area contributed by atoms with Crippen molar-refractivity contribution >= 4 is 40.5 Å². The van der Waals surface area contributed by atoms with Crippen molar-refractivity contribution in [2.45, 2.75) is 0 Å². The van der Waals surface area contributed by atoms with Crippen LogP contribution in [0.4, 0.5) is 0 Å². The molecule has 1 aromatic carbocycles. The summed E-state index contributed by atoms with van der Waals surface area (Å²) < 4.78 is 4.86. The van der Waals surface area contributed by atoms with Gasteiger partial charge in [0.25, 0.3) is 0 Å². The summed E-state index contributed by atoms with van der Waals surface area (Å²) in [5.41, 5.74) is 0.727. The Morgan fingerprint density at radius 1 is 1.25 bits per heavy atom. The Labute approximate surface area is 86.2 Å². The van der Waals surface area contributed by atoms with E-state index in [4.69, 9.17) is 40.2 Å². The summed E-state index contributed by atoms with van der Waals surface area (Å²) in [5.74, 6) is 0. The van der Waals surface area contributed by atoms with Crippen molar-refractivity contribution in [1.82, 2.24) is 0 Å². The zero-order chi connectivity index (χ0) is 9.14. The van der Waals surface area contributed by atoms with Gasteiger partial charge in [-0.2, -0.15) is 0 Å². The van der Waals surface area contributed by atoms with E-state index >= 15 is 0 Å². The molecule has 64 valence electrons. The fourth-order valence-corrected chi connectivity index (χ4v) is 1.43. The Morgan fingerprint density at radius 2 is 1.75 bits per heavy atom. The number of benzene rings is 1. The summed E-state index contributed by atoms with van der Waals surface area (Å²) in [6, 6.07) is 5.06. The molecule has 0 amide bonds. The Bertz CT molecular complexity index is 292. The fourth-order valence-electron chi connectivity index (χ4n) is 0.790. The average Bonchev–Trinajstić information content (AvgIpc) is 2.01. The molecule has 1 nitrogen and oxygen atoms in total. The van der Waals surface area contributed by atoms with Gasteiger partial charge in [-0.25, -0.2) is 0 Å². The third-order valence-corrected chi connectivity index (χ3v) is 2.12. The second-order valence-corrected chi connectivity index (χ2v) is 3.39. The molecule has 0 saturated carbocycles. The summed E-state index contributed by atoms with van der Waals surface area (Å²) in [4.78, 5) is 0. The molecule has 0 saturated heterocycles. The number of ether oxygens (including phenoxy) is 1. The Kier molecular flexibility index (Phi) is 3.32. The van der Waals surface area contributed by atoms with Crippen molar-refractivity contribution in [1.29, 1.82) is 0 Å². The van der Waals surface area contributed by atoms with Crippen LogP contribution < -0.4 is 0 Å². The monoisotopic (exact) mass is 220 g/mol. The molecule has 0 radical (unpaired) electrons. The van der Waals surface area contributed by atoms with Crippen LogP contribution in [0.25, 0.3) is 0 Å². The molecule has 0 aliphatic carbocycles. The lowest BCUT2D eigenvalue weighted by Gasteiger charge is -2.02. The molecule has 0 bridgehead atoms. The van der Waals surface area contributed by atoms with E-state index in [-0.39, 0.29) is 0 Å². The molecule has 0 fully saturated rings. The van der Waals surface area contributed by atoms with Crippen molar-refractivity contribution in [2.24, 2.45) is 0 Å². The molecule has 4 heteroatoms. The fraction of sp³-hybridized carbons (Fsp3) is 0.125. The van der Waals surface area contributed by atoms with Gasteiger partial charge in [-0.3, -0.25) is 0 Å². The summed E-state index contributed by atoms with van der Waals surface area (Å²) in [5, 5.41) is 1.49. The maximum atomic E-state index is 5.75. The van der Waals surface area contributed by atoms with E-state index in [0.717, 1.165) is 5.56 Å². The van der Waals surface area contributed by atoms with Crippen molar-refractivity contribution in [2.75, 3.05) is 7.11 Å². The maximum absolute atomic E-state index is 5.75. The quantitative estimate of drug-likeness (QED) is 0.672. The molecule has 1 aromatic rings. The molecule has 0 aliphatic heterocycles. The first-order valence-corrected chi connectivity index (χ1v) is 4.34. The van der Waals surface area contributed by atoms with E-state index < -0.39 is 0 Å². The number of hydrogen-bond donors (Lipinski definition) is 0. The lowest BCUT2D eigenvalue weighted by molar-refractivity contribution is 0.416. The van der Waals surface area contributed by atoms with Crippen molar-refractivity contribution < 1.29 is 4.74 Å². The minimum Gasteiger partial charge on any atom is -0.486 e. The highest BCUT2D eigenvalue weighted by Crippen LogP contribution is 2.19. The molecular formula is C8H6Cl2OS. The van der Waals surface area contributed by atoms with Crippen LogP contribution >= 0.6 is 35.4 Å². The second-order valence-electron chi connectivity index (χ2n) is 2.15. The van der Waals surface area contributed by atoms with Crippen LogP contribution in [0.2, 0.25) is 10.0 Å². The third-order valence-electron chi connectivity index (χ3n) is 1.28. The van der Waals surface area contributed by atoms with Crippen LogP contribution in [-0.4, -0.2) is 12.2 Å². The van der Waals surface area contributed by atoms with E-state index in [1.54, 1.807) is 18.2 Å². The molecule has 0 unspecified atom stereocenters. The van der Waals surface area contributed by atoms with Gasteiger partial charge in [0.05, 0.1) is 7.11 Å². The van der Waals surface area contributed by atoms with E-state index in [2.05, 4.69) is 0 Å². The molecule has 0 aromatic heterocycles. The Morgan fingerprint density at radius 3 is 2.17 bits per heavy atom. The number of halogens is 2. The molecule has 0 heterocycles. The van der Waals surface area contributed by atoms with Gasteiger partial charge in [0.2, 0.25) is 0 Å². The van der Waals surface area contributed by atoms with Crippen LogP contribution in [0.15, 0.2) is 18.2 Å².